The first-order valence-electron chi connectivity index (χ1n) is 8.21. The van der Waals surface area contributed by atoms with Crippen molar-refractivity contribution in [3.8, 4) is 0 Å². The van der Waals surface area contributed by atoms with Gasteiger partial charge in [0.25, 0.3) is 0 Å². The molecule has 3 N–H and O–H groups in total. The second-order valence-electron chi connectivity index (χ2n) is 6.30. The number of unbranched alkanes of at least 4 members (excludes halogenated alkanes) is 1. The van der Waals surface area contributed by atoms with Crippen molar-refractivity contribution in [1.82, 2.24) is 5.32 Å². The lowest BCUT2D eigenvalue weighted by molar-refractivity contribution is -0.121. The van der Waals surface area contributed by atoms with Crippen molar-refractivity contribution in [2.24, 2.45) is 11.7 Å². The number of hydrogen-bond acceptors (Lipinski definition) is 3. The van der Waals surface area contributed by atoms with Gasteiger partial charge in [0.05, 0.1) is 6.10 Å². The number of carbonyl (C=O) groups is 1. The van der Waals surface area contributed by atoms with Gasteiger partial charge in [0.1, 0.15) is 0 Å². The third-order valence-corrected chi connectivity index (χ3v) is 4.02. The molecule has 1 rings (SSSR count). The zero-order valence-electron chi connectivity index (χ0n) is 13.2. The van der Waals surface area contributed by atoms with Crippen LogP contribution in [-0.4, -0.2) is 31.2 Å². The Bertz CT molecular complexity index is 261. The maximum absolute atomic E-state index is 11.7. The highest BCUT2D eigenvalue weighted by atomic mass is 16.5. The van der Waals surface area contributed by atoms with E-state index in [-0.39, 0.29) is 5.91 Å². The second-order valence-corrected chi connectivity index (χ2v) is 6.30. The lowest BCUT2D eigenvalue weighted by atomic mass is 9.84. The van der Waals surface area contributed by atoms with Gasteiger partial charge in [-0.05, 0) is 64.7 Å². The highest BCUT2D eigenvalue weighted by molar-refractivity contribution is 5.75. The Labute approximate surface area is 123 Å². The summed E-state index contributed by atoms with van der Waals surface area (Å²) in [4.78, 5) is 11.7. The van der Waals surface area contributed by atoms with E-state index in [4.69, 9.17) is 10.5 Å². The Morgan fingerprint density at radius 1 is 1.25 bits per heavy atom. The Kier molecular flexibility index (Phi) is 8.86. The van der Waals surface area contributed by atoms with E-state index in [1.165, 1.54) is 12.8 Å². The SMILES string of the molecule is CC(C)OCCCCNC(=O)CCC1CCC(N)CC1. The van der Waals surface area contributed by atoms with E-state index in [0.29, 0.717) is 24.5 Å². The van der Waals surface area contributed by atoms with Crippen LogP contribution in [0.2, 0.25) is 0 Å². The summed E-state index contributed by atoms with van der Waals surface area (Å²) in [6.45, 7) is 5.64. The predicted octanol–water partition coefficient (Wildman–Crippen LogP) is 2.61. The number of amides is 1. The van der Waals surface area contributed by atoms with Gasteiger partial charge in [-0.15, -0.1) is 0 Å². The first-order valence-corrected chi connectivity index (χ1v) is 8.21. The van der Waals surface area contributed by atoms with E-state index in [9.17, 15) is 4.79 Å². The zero-order valence-corrected chi connectivity index (χ0v) is 13.2. The molecule has 0 aromatic rings. The molecule has 1 saturated carbocycles. The molecule has 0 radical (unpaired) electrons. The van der Waals surface area contributed by atoms with E-state index in [1.807, 2.05) is 13.8 Å². The van der Waals surface area contributed by atoms with Crippen molar-refractivity contribution in [2.75, 3.05) is 13.2 Å². The van der Waals surface area contributed by atoms with Gasteiger partial charge < -0.3 is 15.8 Å². The molecular formula is C16H32N2O2. The Morgan fingerprint density at radius 2 is 1.95 bits per heavy atom. The molecule has 0 bridgehead atoms. The molecule has 20 heavy (non-hydrogen) atoms. The standard InChI is InChI=1S/C16H32N2O2/c1-13(2)20-12-4-3-11-18-16(19)10-7-14-5-8-15(17)9-6-14/h13-15H,3-12,17H2,1-2H3,(H,18,19). The van der Waals surface area contributed by atoms with Crippen LogP contribution in [-0.2, 0) is 9.53 Å². The third-order valence-electron chi connectivity index (χ3n) is 4.02. The van der Waals surface area contributed by atoms with Crippen LogP contribution < -0.4 is 11.1 Å². The summed E-state index contributed by atoms with van der Waals surface area (Å²) >= 11 is 0. The van der Waals surface area contributed by atoms with E-state index in [0.717, 1.165) is 45.3 Å². The molecule has 0 unspecified atom stereocenters. The number of carbonyl (C=O) groups excluding carboxylic acids is 1. The first-order chi connectivity index (χ1) is 9.58. The van der Waals surface area contributed by atoms with Crippen LogP contribution in [0.3, 0.4) is 0 Å². The molecule has 4 nitrogen and oxygen atoms in total. The Morgan fingerprint density at radius 3 is 2.60 bits per heavy atom. The van der Waals surface area contributed by atoms with Crippen LogP contribution in [0, 0.1) is 5.92 Å². The van der Waals surface area contributed by atoms with Gasteiger partial charge in [-0.1, -0.05) is 0 Å². The Balaban J connectivity index is 1.92. The molecule has 118 valence electrons. The van der Waals surface area contributed by atoms with E-state index in [1.54, 1.807) is 0 Å². The maximum atomic E-state index is 11.7. The average Bonchev–Trinajstić information content (AvgIpc) is 2.41. The molecule has 1 amide bonds. The highest BCUT2D eigenvalue weighted by Gasteiger charge is 2.18. The van der Waals surface area contributed by atoms with Crippen LogP contribution in [0.1, 0.15) is 65.2 Å². The summed E-state index contributed by atoms with van der Waals surface area (Å²) in [7, 11) is 0. The quantitative estimate of drug-likeness (QED) is 0.640. The summed E-state index contributed by atoms with van der Waals surface area (Å²) in [6.07, 6.45) is 8.65. The molecule has 1 aliphatic rings. The summed E-state index contributed by atoms with van der Waals surface area (Å²) in [5.41, 5.74) is 5.89. The molecule has 0 spiro atoms. The van der Waals surface area contributed by atoms with E-state index < -0.39 is 0 Å². The van der Waals surface area contributed by atoms with Gasteiger partial charge in [0.15, 0.2) is 0 Å². The van der Waals surface area contributed by atoms with Crippen molar-refractivity contribution < 1.29 is 9.53 Å². The topological polar surface area (TPSA) is 64.3 Å². The number of ether oxygens (including phenoxy) is 1. The molecule has 0 heterocycles. The zero-order chi connectivity index (χ0) is 14.8. The highest BCUT2D eigenvalue weighted by Crippen LogP contribution is 2.26. The molecule has 0 aliphatic heterocycles. The molecule has 1 aliphatic carbocycles. The first kappa shape index (κ1) is 17.4. The molecule has 0 aromatic carbocycles. The number of nitrogens with two attached hydrogens (primary N) is 1. The summed E-state index contributed by atoms with van der Waals surface area (Å²) < 4.78 is 5.46. The summed E-state index contributed by atoms with van der Waals surface area (Å²) in [6, 6.07) is 0.396. The van der Waals surface area contributed by atoms with Crippen molar-refractivity contribution in [3.05, 3.63) is 0 Å². The van der Waals surface area contributed by atoms with Crippen LogP contribution in [0.5, 0.6) is 0 Å². The van der Waals surface area contributed by atoms with E-state index in [2.05, 4.69) is 5.32 Å². The fourth-order valence-corrected chi connectivity index (χ4v) is 2.67. The summed E-state index contributed by atoms with van der Waals surface area (Å²) in [5, 5.41) is 3.00. The predicted molar refractivity (Wildman–Crippen MR) is 82.5 cm³/mol. The van der Waals surface area contributed by atoms with E-state index >= 15 is 0 Å². The molecular weight excluding hydrogens is 252 g/mol. The van der Waals surface area contributed by atoms with Gasteiger partial charge in [0.2, 0.25) is 5.91 Å². The smallest absolute Gasteiger partial charge is 0.220 e. The minimum Gasteiger partial charge on any atom is -0.379 e. The number of hydrogen-bond donors (Lipinski definition) is 2. The van der Waals surface area contributed by atoms with Gasteiger partial charge in [0, 0.05) is 25.6 Å². The number of rotatable bonds is 9. The molecule has 1 fully saturated rings. The third kappa shape index (κ3) is 8.54. The normalized spacial score (nSPS) is 23.0. The van der Waals surface area contributed by atoms with Crippen molar-refractivity contribution in [1.29, 1.82) is 0 Å². The fourth-order valence-electron chi connectivity index (χ4n) is 2.67. The van der Waals surface area contributed by atoms with Gasteiger partial charge >= 0.3 is 0 Å². The molecule has 0 atom stereocenters. The van der Waals surface area contributed by atoms with Crippen LogP contribution >= 0.6 is 0 Å². The monoisotopic (exact) mass is 284 g/mol. The maximum Gasteiger partial charge on any atom is 0.220 e. The summed E-state index contributed by atoms with van der Waals surface area (Å²) in [5.74, 6) is 0.907. The minimum atomic E-state index is 0.199. The van der Waals surface area contributed by atoms with Crippen LogP contribution in [0.15, 0.2) is 0 Å². The molecule has 0 aromatic heterocycles. The lowest BCUT2D eigenvalue weighted by Crippen LogP contribution is -2.28. The van der Waals surface area contributed by atoms with Crippen LogP contribution in [0.4, 0.5) is 0 Å². The molecule has 0 saturated heterocycles. The van der Waals surface area contributed by atoms with Gasteiger partial charge in [-0.2, -0.15) is 0 Å². The van der Waals surface area contributed by atoms with Crippen LogP contribution in [0.25, 0.3) is 0 Å². The fraction of sp³-hybridized carbons (Fsp3) is 0.938. The largest absolute Gasteiger partial charge is 0.379 e. The second kappa shape index (κ2) is 10.2. The van der Waals surface area contributed by atoms with Crippen molar-refractivity contribution >= 4 is 5.91 Å². The lowest BCUT2D eigenvalue weighted by Gasteiger charge is -2.25. The van der Waals surface area contributed by atoms with Gasteiger partial charge in [-0.3, -0.25) is 4.79 Å². The van der Waals surface area contributed by atoms with Crippen molar-refractivity contribution in [3.63, 3.8) is 0 Å². The Hall–Kier alpha value is -0.610. The number of nitrogens with one attached hydrogen (secondary N) is 1. The van der Waals surface area contributed by atoms with Gasteiger partial charge in [-0.25, -0.2) is 0 Å². The molecule has 4 heteroatoms. The minimum absolute atomic E-state index is 0.199. The van der Waals surface area contributed by atoms with Crippen molar-refractivity contribution in [2.45, 2.75) is 77.4 Å². The average molecular weight is 284 g/mol.